The van der Waals surface area contributed by atoms with E-state index in [4.69, 9.17) is 0 Å². The van der Waals surface area contributed by atoms with Crippen molar-refractivity contribution in [1.82, 2.24) is 0 Å². The van der Waals surface area contributed by atoms with Gasteiger partial charge in [-0.2, -0.15) is 0 Å². The fourth-order valence-electron chi connectivity index (χ4n) is 4.16. The van der Waals surface area contributed by atoms with Crippen LogP contribution >= 0.6 is 0 Å². The summed E-state index contributed by atoms with van der Waals surface area (Å²) in [6.07, 6.45) is 6.30. The van der Waals surface area contributed by atoms with Gasteiger partial charge < -0.3 is 27.5 Å². The van der Waals surface area contributed by atoms with Crippen molar-refractivity contribution in [1.29, 1.82) is 0 Å². The number of hydrogen-bond acceptors (Lipinski definition) is 1. The first-order valence-corrected chi connectivity index (χ1v) is 6.09. The zero-order chi connectivity index (χ0) is 12.8. The van der Waals surface area contributed by atoms with Crippen LogP contribution in [-0.4, -0.2) is 18.8 Å². The molecule has 0 radical (unpaired) electrons. The van der Waals surface area contributed by atoms with Gasteiger partial charge in [0.2, 0.25) is 0 Å². The molecule has 2 nitrogen and oxygen atoms in total. The molecule has 17 heavy (non-hydrogen) atoms. The number of hydrogen-bond donors (Lipinski definition) is 1. The van der Waals surface area contributed by atoms with E-state index < -0.39 is 7.25 Å². The van der Waals surface area contributed by atoms with Crippen molar-refractivity contribution in [3.05, 3.63) is 5.21 Å². The summed E-state index contributed by atoms with van der Waals surface area (Å²) in [5.41, 5.74) is 0.120. The molecule has 2 saturated heterocycles. The van der Waals surface area contributed by atoms with Gasteiger partial charge in [-0.15, -0.1) is 0 Å². The van der Waals surface area contributed by atoms with E-state index in [1.807, 2.05) is 0 Å². The van der Waals surface area contributed by atoms with E-state index in [1.54, 1.807) is 0 Å². The highest BCUT2D eigenvalue weighted by Crippen LogP contribution is 2.46. The highest BCUT2D eigenvalue weighted by molar-refractivity contribution is 6.50. The first-order chi connectivity index (χ1) is 7.67. The molecule has 100 valence electrons. The summed E-state index contributed by atoms with van der Waals surface area (Å²) >= 11 is 0. The number of quaternary nitrogens is 1. The van der Waals surface area contributed by atoms with Crippen molar-refractivity contribution in [2.24, 2.45) is 11.8 Å². The van der Waals surface area contributed by atoms with Crippen LogP contribution in [-0.2, 0) is 0 Å². The molecule has 4 bridgehead atoms. The van der Waals surface area contributed by atoms with Gasteiger partial charge in [0.1, 0.15) is 0 Å². The summed E-state index contributed by atoms with van der Waals surface area (Å²) < 4.78 is 39.0. The van der Waals surface area contributed by atoms with Crippen molar-refractivity contribution in [3.63, 3.8) is 0 Å². The average Bonchev–Trinajstić information content (AvgIpc) is 2.09. The molecular formula is C10H17BF4NO-. The van der Waals surface area contributed by atoms with E-state index in [9.17, 15) is 22.5 Å². The van der Waals surface area contributed by atoms with Crippen LogP contribution in [0.5, 0.6) is 0 Å². The fourth-order valence-corrected chi connectivity index (χ4v) is 4.16. The third kappa shape index (κ3) is 2.93. The Morgan fingerprint density at radius 3 is 1.82 bits per heavy atom. The van der Waals surface area contributed by atoms with Gasteiger partial charge in [0.15, 0.2) is 0 Å². The quantitative estimate of drug-likeness (QED) is 0.399. The molecule has 7 heteroatoms. The maximum atomic E-state index is 11.9. The van der Waals surface area contributed by atoms with Crippen LogP contribution in [0, 0.1) is 17.0 Å². The lowest BCUT2D eigenvalue weighted by atomic mass is 9.59. The minimum absolute atomic E-state index is 0.120. The molecule has 4 fully saturated rings. The number of rotatable bonds is 0. The normalized spacial score (nSPS) is 47.6. The number of nitrogens with one attached hydrogen (secondary N) is 1. The van der Waals surface area contributed by atoms with Gasteiger partial charge in [-0.25, -0.2) is 0 Å². The second-order valence-corrected chi connectivity index (χ2v) is 5.96. The molecule has 0 aromatic rings. The molecule has 0 aromatic carbocycles. The number of piperidine rings is 2. The van der Waals surface area contributed by atoms with Crippen molar-refractivity contribution < 1.29 is 22.3 Å². The molecule has 2 aliphatic heterocycles. The average molecular weight is 254 g/mol. The third-order valence-electron chi connectivity index (χ3n) is 4.35. The molecule has 4 rings (SSSR count). The molecular weight excluding hydrogens is 237 g/mol. The summed E-state index contributed by atoms with van der Waals surface area (Å²) in [6.45, 7) is 2.21. The van der Waals surface area contributed by atoms with Crippen LogP contribution in [0.1, 0.15) is 39.0 Å². The minimum Gasteiger partial charge on any atom is -0.634 e. The summed E-state index contributed by atoms with van der Waals surface area (Å²) in [5.74, 6) is 1.82. The lowest BCUT2D eigenvalue weighted by Gasteiger charge is -2.61. The topological polar surface area (TPSA) is 27.5 Å². The Bertz CT molecular complexity index is 279. The predicted octanol–water partition coefficient (Wildman–Crippen LogP) is 2.02. The molecule has 0 aromatic heterocycles. The Morgan fingerprint density at radius 2 is 1.47 bits per heavy atom. The van der Waals surface area contributed by atoms with Crippen molar-refractivity contribution in [2.45, 2.75) is 50.6 Å². The minimum atomic E-state index is -6.00. The SMILES string of the molecule is CC12C[C@@H]3CC(C[C@@H](C3)C1)[NH+]2[O-].F[B-](F)(F)F. The third-order valence-corrected chi connectivity index (χ3v) is 4.35. The highest BCUT2D eigenvalue weighted by atomic mass is 19.5. The Labute approximate surface area is 98.0 Å². The molecule has 2 heterocycles. The van der Waals surface area contributed by atoms with Crippen LogP contribution in [0.2, 0.25) is 0 Å². The van der Waals surface area contributed by atoms with Gasteiger partial charge in [0.05, 0.1) is 11.6 Å². The zero-order valence-corrected chi connectivity index (χ0v) is 9.77. The van der Waals surface area contributed by atoms with Crippen molar-refractivity contribution >= 4 is 7.25 Å². The second kappa shape index (κ2) is 4.12. The van der Waals surface area contributed by atoms with E-state index in [0.29, 0.717) is 11.1 Å². The summed E-state index contributed by atoms with van der Waals surface area (Å²) in [5, 5.41) is 12.5. The van der Waals surface area contributed by atoms with Crippen LogP contribution in [0.4, 0.5) is 17.3 Å². The number of halogens is 4. The van der Waals surface area contributed by atoms with Gasteiger partial charge in [-0.05, 0) is 25.2 Å². The summed E-state index contributed by atoms with van der Waals surface area (Å²) in [7, 11) is -6.00. The van der Waals surface area contributed by atoms with E-state index in [1.165, 1.54) is 32.1 Å². The monoisotopic (exact) mass is 254 g/mol. The first kappa shape index (κ1) is 13.1. The van der Waals surface area contributed by atoms with E-state index >= 15 is 0 Å². The fraction of sp³-hybridized carbons (Fsp3) is 1.00. The van der Waals surface area contributed by atoms with E-state index in [2.05, 4.69) is 6.92 Å². The van der Waals surface area contributed by atoms with Gasteiger partial charge in [0.25, 0.3) is 0 Å². The Balaban J connectivity index is 0.000000188. The van der Waals surface area contributed by atoms with Crippen LogP contribution < -0.4 is 5.06 Å². The maximum absolute atomic E-state index is 11.9. The van der Waals surface area contributed by atoms with Gasteiger partial charge in [-0.3, -0.25) is 0 Å². The molecule has 0 amide bonds. The smallest absolute Gasteiger partial charge is 0.634 e. The highest BCUT2D eigenvalue weighted by Gasteiger charge is 2.53. The second-order valence-electron chi connectivity index (χ2n) is 5.96. The van der Waals surface area contributed by atoms with Crippen LogP contribution in [0.3, 0.4) is 0 Å². The summed E-state index contributed by atoms with van der Waals surface area (Å²) in [6, 6.07) is 0.473. The standard InChI is InChI=1S/C10H17NO.BF4/c1-10-5-7-2-8(6-10)4-9(3-7)11(10)12;2-1(3,4)5/h7-9,11H,2-6H2,1H3;/q;-1/t7-,8+,9?,10?;. The van der Waals surface area contributed by atoms with E-state index in [0.717, 1.165) is 11.8 Å². The lowest BCUT2D eigenvalue weighted by molar-refractivity contribution is -0.946. The molecule has 2 aliphatic carbocycles. The number of hydroxylamine groups is 2. The van der Waals surface area contributed by atoms with Crippen LogP contribution in [0.25, 0.3) is 0 Å². The molecule has 3 unspecified atom stereocenters. The Hall–Kier alpha value is -0.295. The molecule has 1 N–H and O–H groups in total. The molecule has 0 spiro atoms. The zero-order valence-electron chi connectivity index (χ0n) is 9.77. The van der Waals surface area contributed by atoms with Crippen molar-refractivity contribution in [2.75, 3.05) is 0 Å². The van der Waals surface area contributed by atoms with Gasteiger partial charge in [-0.1, -0.05) is 0 Å². The van der Waals surface area contributed by atoms with Gasteiger partial charge >= 0.3 is 7.25 Å². The molecule has 2 saturated carbocycles. The largest absolute Gasteiger partial charge is 0.673 e. The molecule has 4 aliphatic rings. The van der Waals surface area contributed by atoms with Crippen molar-refractivity contribution in [3.8, 4) is 0 Å². The van der Waals surface area contributed by atoms with Gasteiger partial charge in [0, 0.05) is 25.7 Å². The predicted molar refractivity (Wildman–Crippen MR) is 56.8 cm³/mol. The van der Waals surface area contributed by atoms with Crippen LogP contribution in [0.15, 0.2) is 0 Å². The Morgan fingerprint density at radius 1 is 1.06 bits per heavy atom. The first-order valence-electron chi connectivity index (χ1n) is 6.09. The Kier molecular flexibility index (Phi) is 3.19. The summed E-state index contributed by atoms with van der Waals surface area (Å²) in [4.78, 5) is 0. The van der Waals surface area contributed by atoms with E-state index in [-0.39, 0.29) is 5.54 Å². The lowest BCUT2D eigenvalue weighted by Crippen LogP contribution is -3.22. The maximum Gasteiger partial charge on any atom is 0.673 e. The molecule has 5 atom stereocenters.